The zero-order valence-corrected chi connectivity index (χ0v) is 15.3. The highest BCUT2D eigenvalue weighted by atomic mass is 19.1. The number of hydrogen-bond acceptors (Lipinski definition) is 3. The molecule has 1 aromatic carbocycles. The lowest BCUT2D eigenvalue weighted by molar-refractivity contribution is 0.182. The van der Waals surface area contributed by atoms with Gasteiger partial charge in [-0.15, -0.1) is 0 Å². The molecule has 1 saturated carbocycles. The standard InChI is InChI=1S/C20H29FN4O/c21-16-1-3-17(4-2-16)23-18-8-11-24(12-9-18)20(26)22-13-15-7-10-25(14-15)19-5-6-19/h1-4,15,18-19,23H,5-14H2,(H,22,26). The lowest BCUT2D eigenvalue weighted by atomic mass is 10.0. The zero-order chi connectivity index (χ0) is 17.9. The van der Waals surface area contributed by atoms with Crippen LogP contribution in [0.3, 0.4) is 0 Å². The number of amides is 2. The number of nitrogens with one attached hydrogen (secondary N) is 2. The third-order valence-corrected chi connectivity index (χ3v) is 5.92. The van der Waals surface area contributed by atoms with Gasteiger partial charge in [-0.1, -0.05) is 0 Å². The number of halogens is 1. The van der Waals surface area contributed by atoms with Gasteiger partial charge in [0.05, 0.1) is 0 Å². The van der Waals surface area contributed by atoms with Crippen molar-refractivity contribution < 1.29 is 9.18 Å². The molecule has 0 bridgehead atoms. The maximum atomic E-state index is 13.0. The summed E-state index contributed by atoms with van der Waals surface area (Å²) in [5.41, 5.74) is 0.941. The maximum absolute atomic E-state index is 13.0. The summed E-state index contributed by atoms with van der Waals surface area (Å²) in [7, 11) is 0. The number of anilines is 1. The second-order valence-electron chi connectivity index (χ2n) is 7.98. The maximum Gasteiger partial charge on any atom is 0.317 e. The van der Waals surface area contributed by atoms with E-state index in [1.165, 1.54) is 37.9 Å². The molecule has 2 N–H and O–H groups in total. The number of benzene rings is 1. The number of carbonyl (C=O) groups is 1. The molecule has 5 nitrogen and oxygen atoms in total. The van der Waals surface area contributed by atoms with Crippen LogP contribution in [0.1, 0.15) is 32.1 Å². The van der Waals surface area contributed by atoms with E-state index in [0.717, 1.165) is 50.7 Å². The minimum Gasteiger partial charge on any atom is -0.382 e. The van der Waals surface area contributed by atoms with E-state index in [-0.39, 0.29) is 11.8 Å². The van der Waals surface area contributed by atoms with Crippen molar-refractivity contribution in [3.05, 3.63) is 30.1 Å². The van der Waals surface area contributed by atoms with Crippen LogP contribution < -0.4 is 10.6 Å². The molecule has 0 spiro atoms. The number of hydrogen-bond donors (Lipinski definition) is 2. The van der Waals surface area contributed by atoms with E-state index in [2.05, 4.69) is 15.5 Å². The van der Waals surface area contributed by atoms with Crippen molar-refractivity contribution in [2.24, 2.45) is 5.92 Å². The first kappa shape index (κ1) is 17.6. The second-order valence-corrected chi connectivity index (χ2v) is 7.98. The van der Waals surface area contributed by atoms with Gasteiger partial charge in [0.25, 0.3) is 0 Å². The van der Waals surface area contributed by atoms with Crippen LogP contribution in [0.15, 0.2) is 24.3 Å². The number of nitrogens with zero attached hydrogens (tertiary/aromatic N) is 2. The number of urea groups is 1. The van der Waals surface area contributed by atoms with E-state index < -0.39 is 0 Å². The molecule has 0 radical (unpaired) electrons. The highest BCUT2D eigenvalue weighted by Crippen LogP contribution is 2.31. The molecule has 0 aromatic heterocycles. The van der Waals surface area contributed by atoms with Gasteiger partial charge in [-0.3, -0.25) is 0 Å². The molecule has 3 fully saturated rings. The van der Waals surface area contributed by atoms with Gasteiger partial charge >= 0.3 is 6.03 Å². The Hall–Kier alpha value is -1.82. The van der Waals surface area contributed by atoms with Gasteiger partial charge in [-0.05, 0) is 68.8 Å². The summed E-state index contributed by atoms with van der Waals surface area (Å²) >= 11 is 0. The van der Waals surface area contributed by atoms with Crippen molar-refractivity contribution in [2.45, 2.75) is 44.2 Å². The molecule has 1 aromatic rings. The van der Waals surface area contributed by atoms with E-state index in [9.17, 15) is 9.18 Å². The second kappa shape index (κ2) is 7.82. The molecule has 6 heteroatoms. The molecular formula is C20H29FN4O. The van der Waals surface area contributed by atoms with Gasteiger partial charge in [0.1, 0.15) is 5.82 Å². The van der Waals surface area contributed by atoms with E-state index in [0.29, 0.717) is 12.0 Å². The van der Waals surface area contributed by atoms with E-state index in [4.69, 9.17) is 0 Å². The quantitative estimate of drug-likeness (QED) is 0.849. The largest absolute Gasteiger partial charge is 0.382 e. The summed E-state index contributed by atoms with van der Waals surface area (Å²) in [5, 5.41) is 6.58. The molecule has 2 heterocycles. The highest BCUT2D eigenvalue weighted by molar-refractivity contribution is 5.74. The van der Waals surface area contributed by atoms with Crippen LogP contribution in [-0.2, 0) is 0 Å². The van der Waals surface area contributed by atoms with Crippen molar-refractivity contribution in [2.75, 3.05) is 38.0 Å². The fourth-order valence-corrected chi connectivity index (χ4v) is 4.15. The Morgan fingerprint density at radius 3 is 2.46 bits per heavy atom. The fourth-order valence-electron chi connectivity index (χ4n) is 4.15. The van der Waals surface area contributed by atoms with Crippen LogP contribution in [0.25, 0.3) is 0 Å². The monoisotopic (exact) mass is 360 g/mol. The molecule has 3 aliphatic rings. The molecule has 1 unspecified atom stereocenters. The van der Waals surface area contributed by atoms with Crippen LogP contribution in [0.2, 0.25) is 0 Å². The Morgan fingerprint density at radius 1 is 1.04 bits per heavy atom. The lowest BCUT2D eigenvalue weighted by Crippen LogP contribution is -2.47. The summed E-state index contributed by atoms with van der Waals surface area (Å²) in [6.45, 7) is 4.68. The number of likely N-dealkylation sites (tertiary alicyclic amines) is 2. The number of carbonyl (C=O) groups excluding carboxylic acids is 1. The summed E-state index contributed by atoms with van der Waals surface area (Å²) in [6.07, 6.45) is 5.77. The van der Waals surface area contributed by atoms with Gasteiger partial charge in [0, 0.05) is 44.0 Å². The van der Waals surface area contributed by atoms with Crippen LogP contribution in [0.5, 0.6) is 0 Å². The van der Waals surface area contributed by atoms with Crippen molar-refractivity contribution in [1.82, 2.24) is 15.1 Å². The first-order valence-corrected chi connectivity index (χ1v) is 9.96. The summed E-state index contributed by atoms with van der Waals surface area (Å²) < 4.78 is 13.0. The first-order valence-electron chi connectivity index (χ1n) is 9.96. The van der Waals surface area contributed by atoms with Gasteiger partial charge in [0.2, 0.25) is 0 Å². The first-order chi connectivity index (χ1) is 12.7. The SMILES string of the molecule is O=C(NCC1CCN(C2CC2)C1)N1CCC(Nc2ccc(F)cc2)CC1. The molecule has 1 atom stereocenters. The predicted molar refractivity (Wildman–Crippen MR) is 101 cm³/mol. The average molecular weight is 360 g/mol. The average Bonchev–Trinajstić information content (AvgIpc) is 3.40. The van der Waals surface area contributed by atoms with Gasteiger partial charge in [-0.25, -0.2) is 9.18 Å². The Balaban J connectivity index is 1.16. The molecule has 2 saturated heterocycles. The summed E-state index contributed by atoms with van der Waals surface area (Å²) in [4.78, 5) is 16.9. The van der Waals surface area contributed by atoms with Gasteiger partial charge in [-0.2, -0.15) is 0 Å². The van der Waals surface area contributed by atoms with Gasteiger partial charge in [0.15, 0.2) is 0 Å². The summed E-state index contributed by atoms with van der Waals surface area (Å²) in [6, 6.07) is 7.73. The van der Waals surface area contributed by atoms with Crippen LogP contribution in [-0.4, -0.2) is 60.6 Å². The van der Waals surface area contributed by atoms with Crippen LogP contribution in [0, 0.1) is 11.7 Å². The van der Waals surface area contributed by atoms with Crippen molar-refractivity contribution in [1.29, 1.82) is 0 Å². The molecule has 2 amide bonds. The van der Waals surface area contributed by atoms with Crippen LogP contribution in [0.4, 0.5) is 14.9 Å². The summed E-state index contributed by atoms with van der Waals surface area (Å²) in [5.74, 6) is 0.391. The molecule has 2 aliphatic heterocycles. The van der Waals surface area contributed by atoms with E-state index in [1.54, 1.807) is 12.1 Å². The Labute approximate surface area is 154 Å². The highest BCUT2D eigenvalue weighted by Gasteiger charge is 2.34. The molecular weight excluding hydrogens is 331 g/mol. The normalized spacial score (nSPS) is 24.7. The predicted octanol–water partition coefficient (Wildman–Crippen LogP) is 2.90. The fraction of sp³-hybridized carbons (Fsp3) is 0.650. The third-order valence-electron chi connectivity index (χ3n) is 5.92. The van der Waals surface area contributed by atoms with Gasteiger partial charge < -0.3 is 20.4 Å². The molecule has 1 aliphatic carbocycles. The Kier molecular flexibility index (Phi) is 5.29. The minimum atomic E-state index is -0.218. The Bertz CT molecular complexity index is 611. The van der Waals surface area contributed by atoms with Crippen LogP contribution >= 0.6 is 0 Å². The third kappa shape index (κ3) is 4.47. The van der Waals surface area contributed by atoms with Crippen molar-refractivity contribution in [3.63, 3.8) is 0 Å². The smallest absolute Gasteiger partial charge is 0.317 e. The van der Waals surface area contributed by atoms with Crippen molar-refractivity contribution in [3.8, 4) is 0 Å². The molecule has 26 heavy (non-hydrogen) atoms. The number of piperidine rings is 1. The van der Waals surface area contributed by atoms with Crippen molar-refractivity contribution >= 4 is 11.7 Å². The number of rotatable bonds is 5. The Morgan fingerprint density at radius 2 is 1.77 bits per heavy atom. The lowest BCUT2D eigenvalue weighted by Gasteiger charge is -2.33. The minimum absolute atomic E-state index is 0.0788. The van der Waals surface area contributed by atoms with E-state index in [1.807, 2.05) is 4.90 Å². The van der Waals surface area contributed by atoms with E-state index >= 15 is 0 Å². The zero-order valence-electron chi connectivity index (χ0n) is 15.3. The molecule has 142 valence electrons. The topological polar surface area (TPSA) is 47.6 Å². The molecule has 4 rings (SSSR count).